The number of hydrogen-bond donors (Lipinski definition) is 0. The molecule has 4 aliphatic carbocycles. The molecule has 0 aromatic carbocycles. The molecule has 2 heterocycles. The molecule has 6 aliphatic rings. The van der Waals surface area contributed by atoms with Crippen LogP contribution in [0.4, 0.5) is 0 Å². The van der Waals surface area contributed by atoms with Gasteiger partial charge in [0.05, 0.1) is 11.7 Å². The number of ketones is 2. The summed E-state index contributed by atoms with van der Waals surface area (Å²) in [5, 5.41) is 0. The van der Waals surface area contributed by atoms with Gasteiger partial charge in [0.2, 0.25) is 0 Å². The fourth-order valence-corrected chi connectivity index (χ4v) is 10.8. The molecule has 4 nitrogen and oxygen atoms in total. The van der Waals surface area contributed by atoms with Gasteiger partial charge in [0.15, 0.2) is 0 Å². The monoisotopic (exact) mass is 509 g/mol. The zero-order valence-corrected chi connectivity index (χ0v) is 24.2. The average molecular weight is 510 g/mol. The highest BCUT2D eigenvalue weighted by Gasteiger charge is 2.60. The lowest BCUT2D eigenvalue weighted by Gasteiger charge is -2.52. The van der Waals surface area contributed by atoms with Gasteiger partial charge in [-0.05, 0) is 113 Å². The van der Waals surface area contributed by atoms with Crippen molar-refractivity contribution in [3.05, 3.63) is 11.1 Å². The molecule has 37 heavy (non-hydrogen) atoms. The van der Waals surface area contributed by atoms with E-state index in [2.05, 4.69) is 32.6 Å². The summed E-state index contributed by atoms with van der Waals surface area (Å²) in [4.78, 5) is 26.6. The average Bonchev–Trinajstić information content (AvgIpc) is 3.29. The van der Waals surface area contributed by atoms with Crippen LogP contribution in [0.3, 0.4) is 0 Å². The lowest BCUT2D eigenvalue weighted by molar-refractivity contribution is -0.130. The number of likely N-dealkylation sites (tertiary alicyclic amines) is 1. The molecule has 5 fully saturated rings. The third-order valence-electron chi connectivity index (χ3n) is 12.6. The van der Waals surface area contributed by atoms with Gasteiger partial charge in [-0.2, -0.15) is 0 Å². The third kappa shape index (κ3) is 4.31. The van der Waals surface area contributed by atoms with Crippen molar-refractivity contribution >= 4 is 11.6 Å². The summed E-state index contributed by atoms with van der Waals surface area (Å²) in [5.74, 6) is 4.99. The summed E-state index contributed by atoms with van der Waals surface area (Å²) in [6.07, 6.45) is 13.5. The molecule has 2 aliphatic heterocycles. The van der Waals surface area contributed by atoms with Crippen LogP contribution in [0.2, 0.25) is 0 Å². The van der Waals surface area contributed by atoms with Gasteiger partial charge in [0, 0.05) is 37.8 Å². The second-order valence-electron chi connectivity index (χ2n) is 14.8. The number of ether oxygens (including phenoxy) is 1. The number of nitrogens with zero attached hydrogens (tertiary/aromatic N) is 1. The van der Waals surface area contributed by atoms with E-state index < -0.39 is 0 Å². The van der Waals surface area contributed by atoms with E-state index in [1.807, 2.05) is 0 Å². The Balaban J connectivity index is 1.23. The van der Waals surface area contributed by atoms with Crippen LogP contribution in [0, 0.1) is 40.9 Å². The topological polar surface area (TPSA) is 46.6 Å². The van der Waals surface area contributed by atoms with E-state index in [-0.39, 0.29) is 5.60 Å². The predicted molar refractivity (Wildman–Crippen MR) is 147 cm³/mol. The number of Topliss-reactive ketones (excluding diaryl/α,β-unsaturated/α-hetero) is 2. The summed E-state index contributed by atoms with van der Waals surface area (Å²) in [6.45, 7) is 13.8. The highest BCUT2D eigenvalue weighted by atomic mass is 16.5. The van der Waals surface area contributed by atoms with Gasteiger partial charge < -0.3 is 9.53 Å². The maximum atomic E-state index is 12.3. The number of carbonyl (C=O) groups excluding carboxylic acids is 2. The first kappa shape index (κ1) is 26.2. The third-order valence-corrected chi connectivity index (χ3v) is 12.6. The highest BCUT2D eigenvalue weighted by Crippen LogP contribution is 2.65. The van der Waals surface area contributed by atoms with Gasteiger partial charge in [-0.25, -0.2) is 0 Å². The first-order chi connectivity index (χ1) is 17.6. The van der Waals surface area contributed by atoms with Crippen molar-refractivity contribution in [3.63, 3.8) is 0 Å². The van der Waals surface area contributed by atoms with Gasteiger partial charge in [-0.15, -0.1) is 0 Å². The Kier molecular flexibility index (Phi) is 6.79. The Hall–Kier alpha value is -1.00. The van der Waals surface area contributed by atoms with Crippen molar-refractivity contribution in [3.8, 4) is 0 Å². The van der Waals surface area contributed by atoms with E-state index >= 15 is 0 Å². The van der Waals surface area contributed by atoms with Crippen molar-refractivity contribution in [2.24, 2.45) is 40.9 Å². The molecular formula is C33H51NO3. The smallest absolute Gasteiger partial charge is 0.133 e. The van der Waals surface area contributed by atoms with Crippen LogP contribution in [0.25, 0.3) is 0 Å². The molecule has 0 aromatic heterocycles. The SMILES string of the molecule is CC(=O)CCCN1C[C@@H](C)C[C@H]2OC3(CC[C@@H]4C(=C(C)C3)C[C@H]3[C@H]4CC[C@@H]4CC(=O)CC[C@@]43C)[C@H](C)[C@@H]21. The molecule has 1 unspecified atom stereocenters. The number of fused-ring (bicyclic) bond motifs is 6. The quantitative estimate of drug-likeness (QED) is 0.393. The first-order valence-corrected chi connectivity index (χ1v) is 15.7. The molecule has 0 radical (unpaired) electrons. The molecule has 206 valence electrons. The Labute approximate surface area is 225 Å². The highest BCUT2D eigenvalue weighted by molar-refractivity contribution is 5.79. The Morgan fingerprint density at radius 2 is 1.95 bits per heavy atom. The van der Waals surface area contributed by atoms with Crippen molar-refractivity contribution in [1.82, 2.24) is 4.90 Å². The lowest BCUT2D eigenvalue weighted by atomic mass is 9.52. The van der Waals surface area contributed by atoms with E-state index in [1.165, 1.54) is 38.5 Å². The summed E-state index contributed by atoms with van der Waals surface area (Å²) >= 11 is 0. The van der Waals surface area contributed by atoms with E-state index in [0.29, 0.717) is 53.3 Å². The maximum absolute atomic E-state index is 12.3. The molecule has 0 bridgehead atoms. The van der Waals surface area contributed by atoms with Crippen LogP contribution in [0.15, 0.2) is 11.1 Å². The van der Waals surface area contributed by atoms with Crippen LogP contribution in [0.1, 0.15) is 112 Å². The van der Waals surface area contributed by atoms with Crippen LogP contribution in [-0.4, -0.2) is 47.3 Å². The molecule has 1 spiro atoms. The largest absolute Gasteiger partial charge is 0.369 e. The van der Waals surface area contributed by atoms with Gasteiger partial charge in [0.1, 0.15) is 11.6 Å². The maximum Gasteiger partial charge on any atom is 0.133 e. The van der Waals surface area contributed by atoms with Crippen LogP contribution < -0.4 is 0 Å². The Bertz CT molecular complexity index is 971. The van der Waals surface area contributed by atoms with Gasteiger partial charge in [-0.1, -0.05) is 31.9 Å². The van der Waals surface area contributed by atoms with Crippen molar-refractivity contribution in [2.75, 3.05) is 13.1 Å². The van der Waals surface area contributed by atoms with E-state index in [0.717, 1.165) is 62.9 Å². The molecular weight excluding hydrogens is 458 g/mol. The number of piperidine rings is 1. The molecule has 6 rings (SSSR count). The lowest BCUT2D eigenvalue weighted by Crippen LogP contribution is -2.52. The second kappa shape index (κ2) is 9.58. The van der Waals surface area contributed by atoms with Crippen molar-refractivity contribution < 1.29 is 14.3 Å². The summed E-state index contributed by atoms with van der Waals surface area (Å²) < 4.78 is 7.22. The van der Waals surface area contributed by atoms with Crippen LogP contribution >= 0.6 is 0 Å². The van der Waals surface area contributed by atoms with E-state index in [9.17, 15) is 9.59 Å². The van der Waals surface area contributed by atoms with Crippen LogP contribution in [-0.2, 0) is 14.3 Å². The van der Waals surface area contributed by atoms with E-state index in [4.69, 9.17) is 4.74 Å². The zero-order valence-electron chi connectivity index (χ0n) is 24.2. The fourth-order valence-electron chi connectivity index (χ4n) is 10.8. The number of rotatable bonds is 4. The summed E-state index contributed by atoms with van der Waals surface area (Å²) in [5.41, 5.74) is 3.79. The molecule has 4 heteroatoms. The Morgan fingerprint density at radius 1 is 1.14 bits per heavy atom. The van der Waals surface area contributed by atoms with E-state index in [1.54, 1.807) is 18.1 Å². The minimum atomic E-state index is -0.0203. The predicted octanol–water partition coefficient (Wildman–Crippen LogP) is 6.76. The van der Waals surface area contributed by atoms with Gasteiger partial charge in [0.25, 0.3) is 0 Å². The Morgan fingerprint density at radius 3 is 2.73 bits per heavy atom. The minimum Gasteiger partial charge on any atom is -0.369 e. The zero-order chi connectivity index (χ0) is 26.1. The van der Waals surface area contributed by atoms with Gasteiger partial charge >= 0.3 is 0 Å². The minimum absolute atomic E-state index is 0.0203. The molecule has 10 atom stereocenters. The number of carbonyl (C=O) groups is 2. The summed E-state index contributed by atoms with van der Waals surface area (Å²) in [6, 6.07) is 0.501. The fraction of sp³-hybridized carbons (Fsp3) is 0.879. The molecule has 3 saturated carbocycles. The first-order valence-electron chi connectivity index (χ1n) is 15.7. The molecule has 0 amide bonds. The van der Waals surface area contributed by atoms with Gasteiger partial charge in [-0.3, -0.25) is 9.69 Å². The normalized spacial score (nSPS) is 47.9. The number of allylic oxidation sites excluding steroid dienone is 1. The molecule has 2 saturated heterocycles. The molecule has 0 N–H and O–H groups in total. The second-order valence-corrected chi connectivity index (χ2v) is 14.8. The van der Waals surface area contributed by atoms with Crippen LogP contribution in [0.5, 0.6) is 0 Å². The van der Waals surface area contributed by atoms with Crippen molar-refractivity contribution in [1.29, 1.82) is 0 Å². The van der Waals surface area contributed by atoms with Crippen molar-refractivity contribution in [2.45, 2.75) is 129 Å². The standard InChI is InChI=1S/C33H51NO3/c1-20-15-30-31(34(19-20)14-6-7-22(3)35)23(4)33(37-30)13-11-26-27-9-8-24-16-25(36)10-12-32(24,5)29(27)17-28(26)21(2)18-33/h20,23-24,26-27,29-31H,6-19H2,1-5H3/t20-,23+,24+,26-,27-,29-,30+,31-,32-,33?/m0/s1. The molecule has 0 aromatic rings. The summed E-state index contributed by atoms with van der Waals surface area (Å²) in [7, 11) is 0. The number of hydrogen-bond acceptors (Lipinski definition) is 4.